The zero-order valence-electron chi connectivity index (χ0n) is 7.63. The van der Waals surface area contributed by atoms with Crippen LogP contribution in [0.4, 0.5) is 0 Å². The summed E-state index contributed by atoms with van der Waals surface area (Å²) in [6.45, 7) is 10.4. The van der Waals surface area contributed by atoms with E-state index in [1.165, 1.54) is 6.08 Å². The second-order valence-electron chi connectivity index (χ2n) is 2.83. The molecule has 0 radical (unpaired) electrons. The molecule has 0 unspecified atom stereocenters. The van der Waals surface area contributed by atoms with Crippen LogP contribution in [0.2, 0.25) is 0 Å². The van der Waals surface area contributed by atoms with Crippen molar-refractivity contribution in [3.05, 3.63) is 12.7 Å². The van der Waals surface area contributed by atoms with Crippen LogP contribution in [0, 0.1) is 0 Å². The van der Waals surface area contributed by atoms with Gasteiger partial charge in [-0.05, 0) is 26.3 Å². The molecule has 0 aliphatic rings. The molecule has 0 saturated carbocycles. The molecule has 2 heteroatoms. The second kappa shape index (κ2) is 4.94. The lowest BCUT2D eigenvalue weighted by atomic mass is 10.3. The van der Waals surface area contributed by atoms with E-state index in [9.17, 15) is 4.79 Å². The Kier molecular flexibility index (Phi) is 4.59. The Morgan fingerprint density at radius 3 is 2.45 bits per heavy atom. The van der Waals surface area contributed by atoms with E-state index in [0.717, 1.165) is 13.0 Å². The Balaban J connectivity index is 4.08. The number of carbonyl (C=O) groups is 1. The number of carbonyl (C=O) groups excluding carboxylic acids is 1. The van der Waals surface area contributed by atoms with Crippen LogP contribution >= 0.6 is 0 Å². The molecule has 0 heterocycles. The summed E-state index contributed by atoms with van der Waals surface area (Å²) in [7, 11) is 0. The van der Waals surface area contributed by atoms with E-state index < -0.39 is 0 Å². The van der Waals surface area contributed by atoms with E-state index in [1.807, 2.05) is 18.7 Å². The largest absolute Gasteiger partial charge is 0.337 e. The Bertz CT molecular complexity index is 140. The number of hydrogen-bond donors (Lipinski definition) is 0. The molecule has 0 fully saturated rings. The number of rotatable bonds is 4. The zero-order chi connectivity index (χ0) is 8.85. The molecular weight excluding hydrogens is 138 g/mol. The fraction of sp³-hybridized carbons (Fsp3) is 0.667. The minimum atomic E-state index is 0.0295. The van der Waals surface area contributed by atoms with Crippen LogP contribution in [0.15, 0.2) is 12.7 Å². The van der Waals surface area contributed by atoms with E-state index >= 15 is 0 Å². The van der Waals surface area contributed by atoms with Crippen LogP contribution in [0.1, 0.15) is 27.2 Å². The quantitative estimate of drug-likeness (QED) is 0.567. The van der Waals surface area contributed by atoms with E-state index in [4.69, 9.17) is 0 Å². The van der Waals surface area contributed by atoms with Crippen molar-refractivity contribution < 1.29 is 4.79 Å². The van der Waals surface area contributed by atoms with Crippen LogP contribution in [0.5, 0.6) is 0 Å². The predicted molar refractivity (Wildman–Crippen MR) is 47.3 cm³/mol. The molecule has 0 rings (SSSR count). The lowest BCUT2D eigenvalue weighted by molar-refractivity contribution is -0.127. The monoisotopic (exact) mass is 155 g/mol. The van der Waals surface area contributed by atoms with Crippen molar-refractivity contribution in [2.75, 3.05) is 6.54 Å². The van der Waals surface area contributed by atoms with Crippen LogP contribution in [0.3, 0.4) is 0 Å². The lowest BCUT2D eigenvalue weighted by Crippen LogP contribution is -2.36. The van der Waals surface area contributed by atoms with Crippen LogP contribution in [-0.2, 0) is 4.79 Å². The summed E-state index contributed by atoms with van der Waals surface area (Å²) in [6.07, 6.45) is 2.37. The molecule has 0 N–H and O–H groups in total. The van der Waals surface area contributed by atoms with Crippen molar-refractivity contribution >= 4 is 5.91 Å². The van der Waals surface area contributed by atoms with E-state index in [2.05, 4.69) is 13.5 Å². The summed E-state index contributed by atoms with van der Waals surface area (Å²) >= 11 is 0. The van der Waals surface area contributed by atoms with Crippen molar-refractivity contribution in [2.24, 2.45) is 0 Å². The van der Waals surface area contributed by atoms with Gasteiger partial charge in [-0.3, -0.25) is 4.79 Å². The van der Waals surface area contributed by atoms with Gasteiger partial charge in [0, 0.05) is 12.6 Å². The Labute approximate surface area is 68.9 Å². The van der Waals surface area contributed by atoms with Crippen LogP contribution in [0.25, 0.3) is 0 Å². The van der Waals surface area contributed by atoms with Gasteiger partial charge in [0.1, 0.15) is 0 Å². The fourth-order valence-corrected chi connectivity index (χ4v) is 0.981. The maximum absolute atomic E-state index is 11.2. The first-order chi connectivity index (χ1) is 5.13. The summed E-state index contributed by atoms with van der Waals surface area (Å²) in [5.41, 5.74) is 0. The highest BCUT2D eigenvalue weighted by molar-refractivity contribution is 5.87. The Hall–Kier alpha value is -0.790. The Morgan fingerprint density at radius 1 is 1.64 bits per heavy atom. The third-order valence-electron chi connectivity index (χ3n) is 1.55. The maximum atomic E-state index is 11.2. The van der Waals surface area contributed by atoms with Crippen molar-refractivity contribution in [3.63, 3.8) is 0 Å². The molecule has 11 heavy (non-hydrogen) atoms. The van der Waals surface area contributed by atoms with Gasteiger partial charge in [0.25, 0.3) is 0 Å². The molecule has 64 valence electrons. The molecule has 1 amide bonds. The molecule has 0 saturated heterocycles. The minimum Gasteiger partial charge on any atom is -0.337 e. The first-order valence-electron chi connectivity index (χ1n) is 4.06. The third kappa shape index (κ3) is 3.21. The summed E-state index contributed by atoms with van der Waals surface area (Å²) in [5.74, 6) is 0.0295. The molecule has 0 aromatic rings. The van der Waals surface area contributed by atoms with Gasteiger partial charge in [0.05, 0.1) is 0 Å². The number of hydrogen-bond acceptors (Lipinski definition) is 1. The van der Waals surface area contributed by atoms with Gasteiger partial charge in [-0.2, -0.15) is 0 Å². The van der Waals surface area contributed by atoms with Gasteiger partial charge in [0.2, 0.25) is 5.91 Å². The maximum Gasteiger partial charge on any atom is 0.246 e. The first kappa shape index (κ1) is 10.2. The summed E-state index contributed by atoms with van der Waals surface area (Å²) in [4.78, 5) is 13.0. The molecule has 2 nitrogen and oxygen atoms in total. The normalized spacial score (nSPS) is 9.82. The van der Waals surface area contributed by atoms with E-state index in [-0.39, 0.29) is 11.9 Å². The smallest absolute Gasteiger partial charge is 0.246 e. The molecule has 0 spiro atoms. The number of nitrogens with zero attached hydrogens (tertiary/aromatic N) is 1. The Morgan fingerprint density at radius 2 is 2.18 bits per heavy atom. The lowest BCUT2D eigenvalue weighted by Gasteiger charge is -2.24. The zero-order valence-corrected chi connectivity index (χ0v) is 7.63. The molecule has 0 bridgehead atoms. The molecular formula is C9H17NO. The molecule has 0 aromatic carbocycles. The fourth-order valence-electron chi connectivity index (χ4n) is 0.981. The van der Waals surface area contributed by atoms with Crippen molar-refractivity contribution in [1.29, 1.82) is 0 Å². The van der Waals surface area contributed by atoms with Gasteiger partial charge in [-0.1, -0.05) is 13.5 Å². The topological polar surface area (TPSA) is 20.3 Å². The highest BCUT2D eigenvalue weighted by atomic mass is 16.2. The van der Waals surface area contributed by atoms with E-state index in [0.29, 0.717) is 0 Å². The van der Waals surface area contributed by atoms with Gasteiger partial charge in [-0.15, -0.1) is 0 Å². The SMILES string of the molecule is C=CC(=O)N(CCC)C(C)C. The molecule has 0 aromatic heterocycles. The van der Waals surface area contributed by atoms with Gasteiger partial charge >= 0.3 is 0 Å². The van der Waals surface area contributed by atoms with Crippen LogP contribution < -0.4 is 0 Å². The number of amides is 1. The van der Waals surface area contributed by atoms with Crippen molar-refractivity contribution in [1.82, 2.24) is 4.90 Å². The minimum absolute atomic E-state index is 0.0295. The molecule has 0 aliphatic heterocycles. The van der Waals surface area contributed by atoms with Crippen molar-refractivity contribution in [3.8, 4) is 0 Å². The highest BCUT2D eigenvalue weighted by Gasteiger charge is 2.11. The summed E-state index contributed by atoms with van der Waals surface area (Å²) < 4.78 is 0. The van der Waals surface area contributed by atoms with E-state index in [1.54, 1.807) is 0 Å². The average Bonchev–Trinajstić information content (AvgIpc) is 1.98. The van der Waals surface area contributed by atoms with Gasteiger partial charge in [-0.25, -0.2) is 0 Å². The standard InChI is InChI=1S/C9H17NO/c1-5-7-10(8(3)4)9(11)6-2/h6,8H,2,5,7H2,1,3-4H3. The summed E-state index contributed by atoms with van der Waals surface area (Å²) in [5, 5.41) is 0. The van der Waals surface area contributed by atoms with Crippen LogP contribution in [-0.4, -0.2) is 23.4 Å². The van der Waals surface area contributed by atoms with Gasteiger partial charge in [0.15, 0.2) is 0 Å². The average molecular weight is 155 g/mol. The second-order valence-corrected chi connectivity index (χ2v) is 2.83. The third-order valence-corrected chi connectivity index (χ3v) is 1.55. The highest BCUT2D eigenvalue weighted by Crippen LogP contribution is 2.00. The first-order valence-corrected chi connectivity index (χ1v) is 4.06. The van der Waals surface area contributed by atoms with Crippen molar-refractivity contribution in [2.45, 2.75) is 33.2 Å². The molecule has 0 atom stereocenters. The predicted octanol–water partition coefficient (Wildman–Crippen LogP) is 1.82. The van der Waals surface area contributed by atoms with Gasteiger partial charge < -0.3 is 4.90 Å². The molecule has 0 aliphatic carbocycles. The summed E-state index contributed by atoms with van der Waals surface area (Å²) in [6, 6.07) is 0.278.